The van der Waals surface area contributed by atoms with Gasteiger partial charge in [-0.1, -0.05) is 43.2 Å². The Hall–Kier alpha value is -2.80. The number of rotatable bonds is 6. The molecule has 4 heteroatoms. The van der Waals surface area contributed by atoms with Crippen LogP contribution < -0.4 is 10.1 Å². The summed E-state index contributed by atoms with van der Waals surface area (Å²) in [7, 11) is 0. The minimum atomic E-state index is -0.586. The number of hydrogen-bond acceptors (Lipinski definition) is 3. The third kappa shape index (κ3) is 4.05. The molecule has 26 heavy (non-hydrogen) atoms. The number of nitrogens with one attached hydrogen (secondary N) is 1. The predicted molar refractivity (Wildman–Crippen MR) is 101 cm³/mol. The first-order valence-electron chi connectivity index (χ1n) is 9.13. The standard InChI is InChI=1S/C22H24N2O2/c1-17(26-20-11-9-18(15-23)10-12-20)21(25)24-16-22(13-5-6-14-22)19-7-3-2-4-8-19/h2-4,7-12,17H,5-6,13-14,16H2,1H3,(H,24,25). The molecule has 0 aromatic heterocycles. The van der Waals surface area contributed by atoms with Gasteiger partial charge in [-0.15, -0.1) is 0 Å². The first-order chi connectivity index (χ1) is 12.6. The summed E-state index contributed by atoms with van der Waals surface area (Å²) >= 11 is 0. The van der Waals surface area contributed by atoms with Gasteiger partial charge in [-0.05, 0) is 49.6 Å². The van der Waals surface area contributed by atoms with E-state index < -0.39 is 6.10 Å². The van der Waals surface area contributed by atoms with Crippen molar-refractivity contribution in [2.24, 2.45) is 0 Å². The molecule has 1 aliphatic rings. The molecule has 0 spiro atoms. The van der Waals surface area contributed by atoms with Crippen molar-refractivity contribution in [2.45, 2.75) is 44.1 Å². The van der Waals surface area contributed by atoms with Gasteiger partial charge in [-0.2, -0.15) is 5.26 Å². The molecule has 1 saturated carbocycles. The van der Waals surface area contributed by atoms with Crippen molar-refractivity contribution < 1.29 is 9.53 Å². The molecule has 1 fully saturated rings. The number of carbonyl (C=O) groups excluding carboxylic acids is 1. The van der Waals surface area contributed by atoms with E-state index in [-0.39, 0.29) is 11.3 Å². The SMILES string of the molecule is CC(Oc1ccc(C#N)cc1)C(=O)NCC1(c2ccccc2)CCCC1. The molecule has 1 amide bonds. The van der Waals surface area contributed by atoms with E-state index in [1.807, 2.05) is 6.07 Å². The molecule has 2 aromatic carbocycles. The second-order valence-corrected chi connectivity index (χ2v) is 6.97. The van der Waals surface area contributed by atoms with Crippen molar-refractivity contribution in [2.75, 3.05) is 6.54 Å². The van der Waals surface area contributed by atoms with Crippen LogP contribution in [0.2, 0.25) is 0 Å². The van der Waals surface area contributed by atoms with Gasteiger partial charge in [0.25, 0.3) is 5.91 Å². The van der Waals surface area contributed by atoms with E-state index in [1.54, 1.807) is 31.2 Å². The maximum Gasteiger partial charge on any atom is 0.260 e. The van der Waals surface area contributed by atoms with Crippen molar-refractivity contribution in [1.82, 2.24) is 5.32 Å². The summed E-state index contributed by atoms with van der Waals surface area (Å²) in [5.41, 5.74) is 1.91. The van der Waals surface area contributed by atoms with E-state index in [9.17, 15) is 4.79 Å². The first kappa shape index (κ1) is 18.0. The fourth-order valence-electron chi connectivity index (χ4n) is 3.68. The maximum atomic E-state index is 12.5. The minimum absolute atomic E-state index is 0.0328. The van der Waals surface area contributed by atoms with Gasteiger partial charge in [0, 0.05) is 12.0 Å². The highest BCUT2D eigenvalue weighted by Crippen LogP contribution is 2.40. The quantitative estimate of drug-likeness (QED) is 0.860. The summed E-state index contributed by atoms with van der Waals surface area (Å²) in [6, 6.07) is 19.3. The van der Waals surface area contributed by atoms with Crippen molar-refractivity contribution in [1.29, 1.82) is 5.26 Å². The molecule has 0 saturated heterocycles. The van der Waals surface area contributed by atoms with Crippen LogP contribution in [0.1, 0.15) is 43.7 Å². The predicted octanol–water partition coefficient (Wildman–Crippen LogP) is 3.95. The minimum Gasteiger partial charge on any atom is -0.481 e. The van der Waals surface area contributed by atoms with Crippen LogP contribution in [0.4, 0.5) is 0 Å². The summed E-state index contributed by atoms with van der Waals surface area (Å²) in [5, 5.41) is 11.9. The Labute approximate surface area is 154 Å². The van der Waals surface area contributed by atoms with Gasteiger partial charge in [-0.3, -0.25) is 4.79 Å². The Bertz CT molecular complexity index is 772. The Kier molecular flexibility index (Phi) is 5.58. The van der Waals surface area contributed by atoms with Crippen molar-refractivity contribution in [3.8, 4) is 11.8 Å². The van der Waals surface area contributed by atoms with Gasteiger partial charge in [0.2, 0.25) is 0 Å². The molecule has 134 valence electrons. The molecule has 1 unspecified atom stereocenters. The molecule has 0 bridgehead atoms. The number of nitrogens with zero attached hydrogens (tertiary/aromatic N) is 1. The van der Waals surface area contributed by atoms with E-state index >= 15 is 0 Å². The molecule has 1 aliphatic carbocycles. The van der Waals surface area contributed by atoms with Crippen LogP contribution in [0.5, 0.6) is 5.75 Å². The number of nitriles is 1. The molecule has 3 rings (SSSR count). The molecule has 2 aromatic rings. The zero-order valence-corrected chi connectivity index (χ0v) is 15.1. The third-order valence-electron chi connectivity index (χ3n) is 5.21. The molecule has 1 atom stereocenters. The average molecular weight is 348 g/mol. The largest absolute Gasteiger partial charge is 0.481 e. The van der Waals surface area contributed by atoms with Crippen LogP contribution >= 0.6 is 0 Å². The Morgan fingerprint density at radius 2 is 1.81 bits per heavy atom. The summed E-state index contributed by atoms with van der Waals surface area (Å²) in [6.45, 7) is 2.38. The molecule has 0 radical (unpaired) electrons. The van der Waals surface area contributed by atoms with Gasteiger partial charge in [0.15, 0.2) is 6.10 Å². The van der Waals surface area contributed by atoms with Crippen LogP contribution in [0, 0.1) is 11.3 Å². The summed E-state index contributed by atoms with van der Waals surface area (Å²) in [5.74, 6) is 0.474. The normalized spacial score (nSPS) is 16.5. The van der Waals surface area contributed by atoms with E-state index in [4.69, 9.17) is 10.00 Å². The van der Waals surface area contributed by atoms with Crippen molar-refractivity contribution >= 4 is 5.91 Å². The first-order valence-corrected chi connectivity index (χ1v) is 9.13. The Balaban J connectivity index is 1.60. The zero-order chi connectivity index (χ0) is 18.4. The Morgan fingerprint density at radius 1 is 1.15 bits per heavy atom. The van der Waals surface area contributed by atoms with Crippen molar-refractivity contribution in [3.63, 3.8) is 0 Å². The molecular formula is C22H24N2O2. The number of benzene rings is 2. The van der Waals surface area contributed by atoms with E-state index in [2.05, 4.69) is 35.7 Å². The summed E-state index contributed by atoms with van der Waals surface area (Å²) in [6.07, 6.45) is 4.01. The summed E-state index contributed by atoms with van der Waals surface area (Å²) in [4.78, 5) is 12.5. The lowest BCUT2D eigenvalue weighted by atomic mass is 9.79. The highest BCUT2D eigenvalue weighted by Gasteiger charge is 2.36. The van der Waals surface area contributed by atoms with Gasteiger partial charge in [0.05, 0.1) is 11.6 Å². The highest BCUT2D eigenvalue weighted by atomic mass is 16.5. The fraction of sp³-hybridized carbons (Fsp3) is 0.364. The third-order valence-corrected chi connectivity index (χ3v) is 5.21. The fourth-order valence-corrected chi connectivity index (χ4v) is 3.68. The summed E-state index contributed by atoms with van der Waals surface area (Å²) < 4.78 is 5.71. The van der Waals surface area contributed by atoms with E-state index in [0.717, 1.165) is 12.8 Å². The number of amides is 1. The topological polar surface area (TPSA) is 62.1 Å². The van der Waals surface area contributed by atoms with Crippen LogP contribution in [0.3, 0.4) is 0 Å². The van der Waals surface area contributed by atoms with Crippen molar-refractivity contribution in [3.05, 3.63) is 65.7 Å². The lowest BCUT2D eigenvalue weighted by molar-refractivity contribution is -0.127. The highest BCUT2D eigenvalue weighted by molar-refractivity contribution is 5.80. The van der Waals surface area contributed by atoms with Gasteiger partial charge in [-0.25, -0.2) is 0 Å². The van der Waals surface area contributed by atoms with Crippen LogP contribution in [-0.4, -0.2) is 18.6 Å². The smallest absolute Gasteiger partial charge is 0.260 e. The molecule has 1 N–H and O–H groups in total. The number of ether oxygens (including phenoxy) is 1. The number of hydrogen-bond donors (Lipinski definition) is 1. The molecule has 4 nitrogen and oxygen atoms in total. The van der Waals surface area contributed by atoms with Gasteiger partial charge >= 0.3 is 0 Å². The van der Waals surface area contributed by atoms with Crippen LogP contribution in [0.25, 0.3) is 0 Å². The van der Waals surface area contributed by atoms with Crippen LogP contribution in [0.15, 0.2) is 54.6 Å². The monoisotopic (exact) mass is 348 g/mol. The molecule has 0 heterocycles. The van der Waals surface area contributed by atoms with E-state index in [1.165, 1.54) is 18.4 Å². The average Bonchev–Trinajstić information content (AvgIpc) is 3.17. The number of carbonyl (C=O) groups is 1. The molecular weight excluding hydrogens is 324 g/mol. The second-order valence-electron chi connectivity index (χ2n) is 6.97. The van der Waals surface area contributed by atoms with E-state index in [0.29, 0.717) is 17.9 Å². The lowest BCUT2D eigenvalue weighted by Crippen LogP contribution is -2.44. The van der Waals surface area contributed by atoms with Gasteiger partial charge < -0.3 is 10.1 Å². The lowest BCUT2D eigenvalue weighted by Gasteiger charge is -2.30. The van der Waals surface area contributed by atoms with Crippen LogP contribution in [-0.2, 0) is 10.2 Å². The zero-order valence-electron chi connectivity index (χ0n) is 15.1. The Morgan fingerprint density at radius 3 is 2.42 bits per heavy atom. The second kappa shape index (κ2) is 8.05. The molecule has 0 aliphatic heterocycles. The van der Waals surface area contributed by atoms with Gasteiger partial charge in [0.1, 0.15) is 5.75 Å². The maximum absolute atomic E-state index is 12.5.